The summed E-state index contributed by atoms with van der Waals surface area (Å²) in [7, 11) is 0. The number of hydrogen-bond acceptors (Lipinski definition) is 8. The molecule has 1 atom stereocenters. The summed E-state index contributed by atoms with van der Waals surface area (Å²) in [5.41, 5.74) is -0.671. The highest BCUT2D eigenvalue weighted by Gasteiger charge is 2.27. The van der Waals surface area contributed by atoms with E-state index in [0.717, 1.165) is 0 Å². The first-order valence-electron chi connectivity index (χ1n) is 5.64. The molecule has 0 spiro atoms. The van der Waals surface area contributed by atoms with Crippen molar-refractivity contribution in [3.8, 4) is 0 Å². The second kappa shape index (κ2) is 5.81. The van der Waals surface area contributed by atoms with Crippen LogP contribution in [0.5, 0.6) is 0 Å². The molecule has 106 valence electrons. The lowest BCUT2D eigenvalue weighted by atomic mass is 10.2. The van der Waals surface area contributed by atoms with Crippen LogP contribution in [0.3, 0.4) is 0 Å². The van der Waals surface area contributed by atoms with E-state index in [1.165, 1.54) is 11.9 Å². The number of hydrogen-bond donors (Lipinski definition) is 1. The number of carbonyl (C=O) groups excluding carboxylic acids is 1. The Bertz CT molecular complexity index is 287. The van der Waals surface area contributed by atoms with Crippen molar-refractivity contribution in [3.63, 3.8) is 0 Å². The molecule has 1 aliphatic heterocycles. The maximum Gasteiger partial charge on any atom is 0.511 e. The molecule has 0 bridgehead atoms. The summed E-state index contributed by atoms with van der Waals surface area (Å²) in [6, 6.07) is 0. The molecule has 1 aliphatic rings. The molecule has 1 fully saturated rings. The topological polar surface area (TPSA) is 94.5 Å². The molecule has 0 saturated carbocycles. The van der Waals surface area contributed by atoms with Crippen LogP contribution in [0.2, 0.25) is 0 Å². The molecule has 18 heavy (non-hydrogen) atoms. The van der Waals surface area contributed by atoms with Crippen LogP contribution in [-0.4, -0.2) is 52.7 Å². The Hall–Kier alpha value is -0.930. The predicted octanol–water partition coefficient (Wildman–Crippen LogP) is 0.607. The van der Waals surface area contributed by atoms with E-state index in [1.807, 2.05) is 0 Å². The maximum atomic E-state index is 11.3. The number of hydrazine groups is 1. The molecule has 8 heteroatoms. The average Bonchev–Trinajstić information content (AvgIpc) is 2.08. The van der Waals surface area contributed by atoms with Crippen molar-refractivity contribution in [1.29, 1.82) is 0 Å². The number of aliphatic hydroxyl groups excluding tert-OH is 1. The average molecular weight is 263 g/mol. The molecule has 0 aromatic carbocycles. The fourth-order valence-electron chi connectivity index (χ4n) is 1.19. The van der Waals surface area contributed by atoms with Crippen molar-refractivity contribution < 1.29 is 24.2 Å². The molecule has 8 nitrogen and oxygen atoms in total. The Morgan fingerprint density at radius 2 is 2.06 bits per heavy atom. The van der Waals surface area contributed by atoms with E-state index in [0.29, 0.717) is 0 Å². The molecule has 0 radical (unpaired) electrons. The first-order valence-corrected chi connectivity index (χ1v) is 5.64. The Morgan fingerprint density at radius 3 is 2.50 bits per heavy atom. The zero-order valence-electron chi connectivity index (χ0n) is 11.0. The summed E-state index contributed by atoms with van der Waals surface area (Å²) in [5, 5.41) is 21.7. The second-order valence-electron chi connectivity index (χ2n) is 5.02. The van der Waals surface area contributed by atoms with Crippen LogP contribution in [0.15, 0.2) is 0 Å². The Kier molecular flexibility index (Phi) is 4.88. The minimum absolute atomic E-state index is 0.196. The van der Waals surface area contributed by atoms with Crippen molar-refractivity contribution in [2.45, 2.75) is 45.7 Å². The van der Waals surface area contributed by atoms with Gasteiger partial charge in [0.2, 0.25) is 6.29 Å². The van der Waals surface area contributed by atoms with Crippen molar-refractivity contribution in [1.82, 2.24) is 10.3 Å². The Labute approximate surface area is 106 Å². The van der Waals surface area contributed by atoms with Gasteiger partial charge in [-0.2, -0.15) is 5.34 Å². The monoisotopic (exact) mass is 263 g/mol. The summed E-state index contributed by atoms with van der Waals surface area (Å²) in [5.74, 6) is 0. The number of rotatable bonds is 4. The zero-order chi connectivity index (χ0) is 13.9. The van der Waals surface area contributed by atoms with Gasteiger partial charge in [0.05, 0.1) is 6.10 Å². The molecule has 1 N–H and O–H groups in total. The molecule has 0 aliphatic carbocycles. The molecular formula is C10H19N2O6-. The predicted molar refractivity (Wildman–Crippen MR) is 60.7 cm³/mol. The Balaban J connectivity index is 2.24. The van der Waals surface area contributed by atoms with Crippen molar-refractivity contribution in [3.05, 3.63) is 5.21 Å². The van der Waals surface area contributed by atoms with Gasteiger partial charge in [0.1, 0.15) is 5.60 Å². The smallest absolute Gasteiger partial charge is 0.511 e. The second-order valence-corrected chi connectivity index (χ2v) is 5.02. The van der Waals surface area contributed by atoms with Crippen LogP contribution < -0.4 is 0 Å². The number of β-amino-alcohol motifs (C(OH)–C–C–N with tert-alkyl or cyclic N) is 1. The maximum absolute atomic E-state index is 11.3. The van der Waals surface area contributed by atoms with Gasteiger partial charge in [0.15, 0.2) is 0 Å². The Morgan fingerprint density at radius 1 is 1.50 bits per heavy atom. The van der Waals surface area contributed by atoms with E-state index in [2.05, 4.69) is 0 Å². The van der Waals surface area contributed by atoms with Crippen LogP contribution in [-0.2, 0) is 14.3 Å². The van der Waals surface area contributed by atoms with Crippen LogP contribution >= 0.6 is 0 Å². The van der Waals surface area contributed by atoms with Crippen LogP contribution in [0.1, 0.15) is 27.7 Å². The van der Waals surface area contributed by atoms with Gasteiger partial charge in [-0.05, 0) is 20.8 Å². The highest BCUT2D eigenvalue weighted by atomic mass is 17.0. The fourth-order valence-corrected chi connectivity index (χ4v) is 1.19. The first-order chi connectivity index (χ1) is 8.17. The molecular weight excluding hydrogens is 244 g/mol. The summed E-state index contributed by atoms with van der Waals surface area (Å²) >= 11 is 0. The molecule has 0 aromatic rings. The molecule has 1 unspecified atom stereocenters. The minimum Gasteiger partial charge on any atom is -0.748 e. The van der Waals surface area contributed by atoms with Gasteiger partial charge in [-0.25, -0.2) is 9.80 Å². The summed E-state index contributed by atoms with van der Waals surface area (Å²) < 4.78 is 9.62. The number of nitrogens with zero attached hydrogens (tertiary/aromatic N) is 2. The third kappa shape index (κ3) is 5.15. The van der Waals surface area contributed by atoms with Gasteiger partial charge in [-0.15, -0.1) is 0 Å². The molecule has 1 heterocycles. The van der Waals surface area contributed by atoms with Crippen molar-refractivity contribution in [2.24, 2.45) is 0 Å². The molecule has 1 saturated heterocycles. The number of ether oxygens (including phenoxy) is 2. The van der Waals surface area contributed by atoms with Crippen LogP contribution in [0, 0.1) is 5.21 Å². The highest BCUT2D eigenvalue weighted by molar-refractivity contribution is 5.60. The van der Waals surface area contributed by atoms with Crippen molar-refractivity contribution >= 4 is 6.16 Å². The van der Waals surface area contributed by atoms with Crippen LogP contribution in [0.4, 0.5) is 4.79 Å². The van der Waals surface area contributed by atoms with E-state index in [4.69, 9.17) is 19.4 Å². The van der Waals surface area contributed by atoms with Crippen molar-refractivity contribution in [2.75, 3.05) is 13.1 Å². The first kappa shape index (κ1) is 15.1. The molecule has 1 rings (SSSR count). The molecule has 0 aromatic heterocycles. The lowest BCUT2D eigenvalue weighted by Gasteiger charge is -2.46. The van der Waals surface area contributed by atoms with Gasteiger partial charge in [-0.1, -0.05) is 0 Å². The van der Waals surface area contributed by atoms with E-state index in [9.17, 15) is 10.0 Å². The standard InChI is InChI=1S/C10H19N2O6/c1-7(16-9(14)17-10(2,3)4)18-12(15)11-5-8(13)6-11/h7-8,13H,5-6H2,1-4H3/q-1. The van der Waals surface area contributed by atoms with Crippen LogP contribution in [0.25, 0.3) is 0 Å². The SMILES string of the molecule is CC(OC(=O)OC(C)(C)C)ON([O-])N1CC(O)C1. The largest absolute Gasteiger partial charge is 0.748 e. The fraction of sp³-hybridized carbons (Fsp3) is 0.900. The lowest BCUT2D eigenvalue weighted by molar-refractivity contribution is -0.342. The van der Waals surface area contributed by atoms with Gasteiger partial charge >= 0.3 is 6.16 Å². The highest BCUT2D eigenvalue weighted by Crippen LogP contribution is 2.14. The van der Waals surface area contributed by atoms with E-state index in [-0.39, 0.29) is 18.4 Å². The lowest BCUT2D eigenvalue weighted by Crippen LogP contribution is -2.57. The number of aliphatic hydroxyl groups is 1. The minimum atomic E-state index is -1.07. The summed E-state index contributed by atoms with van der Waals surface area (Å²) in [6.45, 7) is 6.87. The van der Waals surface area contributed by atoms with E-state index in [1.54, 1.807) is 20.8 Å². The summed E-state index contributed by atoms with van der Waals surface area (Å²) in [6.07, 6.45) is -2.51. The van der Waals surface area contributed by atoms with E-state index >= 15 is 0 Å². The quantitative estimate of drug-likeness (QED) is 0.448. The third-order valence-electron chi connectivity index (χ3n) is 1.96. The van der Waals surface area contributed by atoms with Gasteiger partial charge in [0.25, 0.3) is 0 Å². The zero-order valence-corrected chi connectivity index (χ0v) is 11.0. The van der Waals surface area contributed by atoms with E-state index < -0.39 is 24.2 Å². The molecule has 0 amide bonds. The van der Waals surface area contributed by atoms with Gasteiger partial charge in [0, 0.05) is 20.0 Å². The summed E-state index contributed by atoms with van der Waals surface area (Å²) in [4.78, 5) is 16.0. The van der Waals surface area contributed by atoms with Gasteiger partial charge < -0.3 is 19.8 Å². The number of carbonyl (C=O) groups is 1. The van der Waals surface area contributed by atoms with Gasteiger partial charge in [-0.3, -0.25) is 4.84 Å². The normalized spacial score (nSPS) is 19.5. The third-order valence-corrected chi connectivity index (χ3v) is 1.96.